The maximum atomic E-state index is 11.6. The molecule has 0 atom stereocenters. The van der Waals surface area contributed by atoms with Crippen LogP contribution in [0.3, 0.4) is 0 Å². The molecule has 96 valence electrons. The number of nitrogens with one attached hydrogen (secondary N) is 1. The van der Waals surface area contributed by atoms with E-state index in [4.69, 9.17) is 5.73 Å². The normalized spacial score (nSPS) is 10.5. The molecule has 0 aliphatic heterocycles. The Morgan fingerprint density at radius 2 is 2.44 bits per heavy atom. The number of hydrogen-bond acceptors (Lipinski definition) is 5. The summed E-state index contributed by atoms with van der Waals surface area (Å²) < 4.78 is 1.85. The quantitative estimate of drug-likeness (QED) is 0.785. The fourth-order valence-corrected chi connectivity index (χ4v) is 2.61. The number of nitrogens with zero attached hydrogens (tertiary/aromatic N) is 2. The van der Waals surface area contributed by atoms with Gasteiger partial charge in [0.15, 0.2) is 5.78 Å². The van der Waals surface area contributed by atoms with E-state index in [0.29, 0.717) is 17.0 Å². The molecule has 0 unspecified atom stereocenters. The molecule has 0 bridgehead atoms. The lowest BCUT2D eigenvalue weighted by Crippen LogP contribution is -2.09. The molecule has 0 saturated carbocycles. The number of aromatic nitrogens is 2. The van der Waals surface area contributed by atoms with E-state index >= 15 is 0 Å². The maximum Gasteiger partial charge on any atom is 0.174 e. The monoisotopic (exact) mass is 264 g/mol. The molecule has 18 heavy (non-hydrogen) atoms. The summed E-state index contributed by atoms with van der Waals surface area (Å²) in [4.78, 5) is 12.2. The van der Waals surface area contributed by atoms with Crippen molar-refractivity contribution in [2.24, 2.45) is 0 Å². The van der Waals surface area contributed by atoms with Gasteiger partial charge in [-0.1, -0.05) is 6.92 Å². The smallest absolute Gasteiger partial charge is 0.174 e. The molecule has 2 rings (SSSR count). The number of nitrogens with two attached hydrogens (primary N) is 1. The number of carbonyl (C=O) groups excluding carboxylic acids is 1. The van der Waals surface area contributed by atoms with Gasteiger partial charge in [-0.15, -0.1) is 11.3 Å². The molecule has 0 amide bonds. The first-order chi connectivity index (χ1) is 8.70. The summed E-state index contributed by atoms with van der Waals surface area (Å²) in [6, 6.07) is 3.71. The molecule has 0 saturated heterocycles. The predicted octanol–water partition coefficient (Wildman–Crippen LogP) is 2.23. The number of hydrogen-bond donors (Lipinski definition) is 2. The van der Waals surface area contributed by atoms with Gasteiger partial charge in [0.1, 0.15) is 0 Å². The summed E-state index contributed by atoms with van der Waals surface area (Å²) in [5, 5.41) is 8.29. The summed E-state index contributed by atoms with van der Waals surface area (Å²) in [6.07, 6.45) is 4.15. The highest BCUT2D eigenvalue weighted by atomic mass is 32.1. The van der Waals surface area contributed by atoms with Crippen LogP contribution in [0.4, 0.5) is 10.7 Å². The van der Waals surface area contributed by atoms with Crippen LogP contribution in [0.5, 0.6) is 0 Å². The lowest BCUT2D eigenvalue weighted by atomic mass is 10.2. The third-order valence-corrected chi connectivity index (χ3v) is 3.68. The van der Waals surface area contributed by atoms with E-state index in [1.54, 1.807) is 6.20 Å². The van der Waals surface area contributed by atoms with Crippen LogP contribution in [0.25, 0.3) is 0 Å². The van der Waals surface area contributed by atoms with Gasteiger partial charge >= 0.3 is 0 Å². The molecule has 5 nitrogen and oxygen atoms in total. The molecule has 0 spiro atoms. The standard InChI is InChI=1S/C12H16N4OS/c1-2-10(17)12-9(13)8-11(18-12)14-5-7-16-6-3-4-15-16/h3-4,6,8,14H,2,5,7,13H2,1H3. The number of thiophene rings is 1. The highest BCUT2D eigenvalue weighted by Crippen LogP contribution is 2.29. The molecule has 0 aliphatic rings. The third kappa shape index (κ3) is 2.89. The first kappa shape index (κ1) is 12.6. The van der Waals surface area contributed by atoms with Gasteiger partial charge in [0.2, 0.25) is 0 Å². The van der Waals surface area contributed by atoms with Gasteiger partial charge in [0.05, 0.1) is 22.1 Å². The van der Waals surface area contributed by atoms with Crippen molar-refractivity contribution in [3.05, 3.63) is 29.4 Å². The van der Waals surface area contributed by atoms with Crippen molar-refractivity contribution >= 4 is 27.8 Å². The molecule has 3 N–H and O–H groups in total. The van der Waals surface area contributed by atoms with E-state index in [9.17, 15) is 4.79 Å². The second kappa shape index (κ2) is 5.68. The van der Waals surface area contributed by atoms with Crippen molar-refractivity contribution in [3.63, 3.8) is 0 Å². The minimum absolute atomic E-state index is 0.0950. The van der Waals surface area contributed by atoms with Gasteiger partial charge in [-0.2, -0.15) is 5.10 Å². The van der Waals surface area contributed by atoms with Crippen molar-refractivity contribution in [2.45, 2.75) is 19.9 Å². The second-order valence-electron chi connectivity index (χ2n) is 3.87. The summed E-state index contributed by atoms with van der Waals surface area (Å²) in [6.45, 7) is 3.37. The minimum atomic E-state index is 0.0950. The summed E-state index contributed by atoms with van der Waals surface area (Å²) >= 11 is 1.41. The van der Waals surface area contributed by atoms with Gasteiger partial charge in [0, 0.05) is 25.4 Å². The summed E-state index contributed by atoms with van der Waals surface area (Å²) in [7, 11) is 0. The van der Waals surface area contributed by atoms with Crippen LogP contribution >= 0.6 is 11.3 Å². The molecular formula is C12H16N4OS. The Balaban J connectivity index is 1.92. The Hall–Kier alpha value is -1.82. The van der Waals surface area contributed by atoms with E-state index < -0.39 is 0 Å². The van der Waals surface area contributed by atoms with Crippen LogP contribution in [0.2, 0.25) is 0 Å². The highest BCUT2D eigenvalue weighted by molar-refractivity contribution is 7.18. The SMILES string of the molecule is CCC(=O)c1sc(NCCn2cccn2)cc1N. The molecule has 0 aliphatic carbocycles. The van der Waals surface area contributed by atoms with Gasteiger partial charge in [0.25, 0.3) is 0 Å². The molecule has 0 radical (unpaired) electrons. The molecule has 2 aromatic rings. The van der Waals surface area contributed by atoms with Crippen molar-refractivity contribution in [1.29, 1.82) is 0 Å². The number of Topliss-reactive ketones (excluding diaryl/α,β-unsaturated/α-hetero) is 1. The molecule has 2 heterocycles. The van der Waals surface area contributed by atoms with Crippen LogP contribution < -0.4 is 11.1 Å². The van der Waals surface area contributed by atoms with Crippen LogP contribution in [0.15, 0.2) is 24.5 Å². The van der Waals surface area contributed by atoms with E-state index in [1.165, 1.54) is 11.3 Å². The lowest BCUT2D eigenvalue weighted by molar-refractivity contribution is 0.0993. The van der Waals surface area contributed by atoms with Crippen molar-refractivity contribution < 1.29 is 4.79 Å². The Kier molecular flexibility index (Phi) is 3.99. The van der Waals surface area contributed by atoms with Crippen LogP contribution in [-0.4, -0.2) is 22.1 Å². The number of nitrogen functional groups attached to an aromatic ring is 1. The molecular weight excluding hydrogens is 248 g/mol. The van der Waals surface area contributed by atoms with Crippen molar-refractivity contribution in [1.82, 2.24) is 9.78 Å². The fraction of sp³-hybridized carbons (Fsp3) is 0.333. The lowest BCUT2D eigenvalue weighted by Gasteiger charge is -2.03. The highest BCUT2D eigenvalue weighted by Gasteiger charge is 2.12. The van der Waals surface area contributed by atoms with Gasteiger partial charge < -0.3 is 11.1 Å². The van der Waals surface area contributed by atoms with Crippen molar-refractivity contribution in [3.8, 4) is 0 Å². The van der Waals surface area contributed by atoms with E-state index in [0.717, 1.165) is 18.1 Å². The number of carbonyl (C=O) groups is 1. The summed E-state index contributed by atoms with van der Waals surface area (Å²) in [5.74, 6) is 0.0950. The Bertz CT molecular complexity index is 518. The zero-order valence-electron chi connectivity index (χ0n) is 10.2. The number of ketones is 1. The molecule has 6 heteroatoms. The number of anilines is 2. The Morgan fingerprint density at radius 1 is 1.61 bits per heavy atom. The average molecular weight is 264 g/mol. The zero-order valence-corrected chi connectivity index (χ0v) is 11.0. The van der Waals surface area contributed by atoms with Gasteiger partial charge in [-0.3, -0.25) is 9.48 Å². The van der Waals surface area contributed by atoms with E-state index in [-0.39, 0.29) is 5.78 Å². The van der Waals surface area contributed by atoms with Gasteiger partial charge in [-0.25, -0.2) is 0 Å². The largest absolute Gasteiger partial charge is 0.397 e. The van der Waals surface area contributed by atoms with Crippen LogP contribution in [0.1, 0.15) is 23.0 Å². The Morgan fingerprint density at radius 3 is 3.11 bits per heavy atom. The van der Waals surface area contributed by atoms with Gasteiger partial charge in [-0.05, 0) is 12.1 Å². The van der Waals surface area contributed by atoms with E-state index in [2.05, 4.69) is 10.4 Å². The maximum absolute atomic E-state index is 11.6. The Labute approximate surface area is 110 Å². The first-order valence-corrected chi connectivity index (χ1v) is 6.66. The first-order valence-electron chi connectivity index (χ1n) is 5.84. The molecule has 2 aromatic heterocycles. The van der Waals surface area contributed by atoms with Crippen molar-refractivity contribution in [2.75, 3.05) is 17.6 Å². The second-order valence-corrected chi connectivity index (χ2v) is 4.92. The zero-order chi connectivity index (χ0) is 13.0. The van der Waals surface area contributed by atoms with Crippen LogP contribution in [-0.2, 0) is 6.54 Å². The fourth-order valence-electron chi connectivity index (χ4n) is 1.60. The minimum Gasteiger partial charge on any atom is -0.397 e. The topological polar surface area (TPSA) is 72.9 Å². The number of rotatable bonds is 6. The third-order valence-electron chi connectivity index (χ3n) is 2.53. The predicted molar refractivity (Wildman–Crippen MR) is 74.1 cm³/mol. The molecule has 0 aromatic carbocycles. The van der Waals surface area contributed by atoms with Crippen LogP contribution in [0, 0.1) is 0 Å². The molecule has 0 fully saturated rings. The average Bonchev–Trinajstić information content (AvgIpc) is 2.98. The van der Waals surface area contributed by atoms with E-state index in [1.807, 2.05) is 29.9 Å². The summed E-state index contributed by atoms with van der Waals surface area (Å²) in [5.41, 5.74) is 6.38.